The summed E-state index contributed by atoms with van der Waals surface area (Å²) in [6.45, 7) is 1.34. The van der Waals surface area contributed by atoms with Crippen LogP contribution in [0.5, 0.6) is 0 Å². The monoisotopic (exact) mass is 784 g/mol. The van der Waals surface area contributed by atoms with Crippen LogP contribution in [0.4, 0.5) is 8.78 Å². The van der Waals surface area contributed by atoms with Gasteiger partial charge in [-0.25, -0.2) is 26.9 Å². The Morgan fingerprint density at radius 3 is 2.15 bits per heavy atom. The van der Waals surface area contributed by atoms with Gasteiger partial charge >= 0.3 is 5.97 Å². The average molecular weight is 785 g/mol. The molecule has 2 fully saturated rings. The molecule has 0 bridgehead atoms. The smallest absolute Gasteiger partial charge is 0.338 e. The molecule has 0 saturated carbocycles. The molecular weight excluding hydrogens is 757 g/mol. The van der Waals surface area contributed by atoms with Crippen LogP contribution >= 0.6 is 22.6 Å². The zero-order valence-corrected chi connectivity index (χ0v) is 28.3. The van der Waals surface area contributed by atoms with E-state index < -0.39 is 57.9 Å². The van der Waals surface area contributed by atoms with Crippen LogP contribution in [0.25, 0.3) is 0 Å². The van der Waals surface area contributed by atoms with Gasteiger partial charge in [0.2, 0.25) is 21.8 Å². The lowest BCUT2D eigenvalue weighted by molar-refractivity contribution is -0.186. The third kappa shape index (κ3) is 6.01. The van der Waals surface area contributed by atoms with E-state index >= 15 is 4.39 Å². The first kappa shape index (κ1) is 33.4. The van der Waals surface area contributed by atoms with Crippen molar-refractivity contribution in [2.75, 3.05) is 6.61 Å². The summed E-state index contributed by atoms with van der Waals surface area (Å²) in [5, 5.41) is 0. The Balaban J connectivity index is 1.62. The van der Waals surface area contributed by atoms with Crippen LogP contribution in [0.1, 0.15) is 45.9 Å². The highest BCUT2D eigenvalue weighted by molar-refractivity contribution is 14.1. The fraction of sp³-hybridized carbons (Fsp3) is 0.171. The van der Waals surface area contributed by atoms with E-state index in [2.05, 4.69) is 0 Å². The van der Waals surface area contributed by atoms with Crippen molar-refractivity contribution in [2.45, 2.75) is 36.6 Å². The van der Waals surface area contributed by atoms with Gasteiger partial charge < -0.3 is 9.47 Å². The van der Waals surface area contributed by atoms with Crippen LogP contribution < -0.4 is 0 Å². The molecule has 0 radical (unpaired) electrons. The molecule has 13 heteroatoms. The van der Waals surface area contributed by atoms with E-state index in [-0.39, 0.29) is 38.2 Å². The minimum Gasteiger partial charge on any atom is -0.457 e. The van der Waals surface area contributed by atoms with E-state index in [1.54, 1.807) is 49.4 Å². The summed E-state index contributed by atoms with van der Waals surface area (Å²) < 4.78 is 72.0. The lowest BCUT2D eigenvalue weighted by Crippen LogP contribution is -2.59. The molecule has 0 N–H and O–H groups in total. The summed E-state index contributed by atoms with van der Waals surface area (Å²) in [6, 6.07) is 22.8. The van der Waals surface area contributed by atoms with E-state index in [0.29, 0.717) is 5.56 Å². The van der Waals surface area contributed by atoms with Crippen molar-refractivity contribution in [3.05, 3.63) is 146 Å². The molecule has 2 atom stereocenters. The average Bonchev–Trinajstić information content (AvgIpc) is 3.61. The first-order chi connectivity index (χ1) is 22.9. The van der Waals surface area contributed by atoms with Gasteiger partial charge in [0.15, 0.2) is 0 Å². The van der Waals surface area contributed by atoms with E-state index in [1.165, 1.54) is 42.5 Å². The summed E-state index contributed by atoms with van der Waals surface area (Å²) in [5.41, 5.74) is 0.967. The second kappa shape index (κ2) is 13.2. The molecular formula is C35H27F2IN2O7S. The second-order valence-electron chi connectivity index (χ2n) is 11.1. The number of likely N-dealkylation sites (tertiary alicyclic amines) is 1. The molecule has 2 unspecified atom stereocenters. The van der Waals surface area contributed by atoms with E-state index in [1.807, 2.05) is 22.6 Å². The predicted molar refractivity (Wildman–Crippen MR) is 177 cm³/mol. The number of rotatable bonds is 8. The lowest BCUT2D eigenvalue weighted by Gasteiger charge is -2.42. The summed E-state index contributed by atoms with van der Waals surface area (Å²) in [6.07, 6.45) is -0.454. The van der Waals surface area contributed by atoms with Crippen molar-refractivity contribution >= 4 is 50.4 Å². The van der Waals surface area contributed by atoms with Crippen molar-refractivity contribution in [2.24, 2.45) is 0 Å². The van der Waals surface area contributed by atoms with Crippen molar-refractivity contribution in [3.8, 4) is 0 Å². The van der Waals surface area contributed by atoms with E-state index in [9.17, 15) is 27.2 Å². The fourth-order valence-corrected chi connectivity index (χ4v) is 8.06. The van der Waals surface area contributed by atoms with Crippen molar-refractivity contribution in [3.63, 3.8) is 0 Å². The number of hydrogen-bond donors (Lipinski definition) is 0. The highest BCUT2D eigenvalue weighted by Gasteiger charge is 2.66. The molecule has 0 aliphatic carbocycles. The molecule has 6 rings (SSSR count). The number of carbonyl (C=O) groups excluding carboxylic acids is 3. The normalized spacial score (nSPS) is 20.9. The van der Waals surface area contributed by atoms with Crippen LogP contribution in [0, 0.1) is 18.6 Å². The Bertz CT molecular complexity index is 2040. The summed E-state index contributed by atoms with van der Waals surface area (Å²) in [5.74, 6) is -6.32. The summed E-state index contributed by atoms with van der Waals surface area (Å²) >= 11 is 1.84. The van der Waals surface area contributed by atoms with Gasteiger partial charge in [0.1, 0.15) is 30.0 Å². The van der Waals surface area contributed by atoms with Gasteiger partial charge in [-0.3, -0.25) is 9.59 Å². The second-order valence-corrected chi connectivity index (χ2v) is 14.2. The Hall–Kier alpha value is -4.47. The minimum atomic E-state index is -4.70. The minimum absolute atomic E-state index is 0.0536. The molecule has 4 aromatic carbocycles. The van der Waals surface area contributed by atoms with Crippen LogP contribution in [0.15, 0.2) is 117 Å². The number of aryl methyl sites for hydroxylation is 1. The van der Waals surface area contributed by atoms with Gasteiger partial charge in [-0.1, -0.05) is 66.2 Å². The van der Waals surface area contributed by atoms with E-state index in [0.717, 1.165) is 33.0 Å². The number of halogens is 3. The number of ether oxygens (including phenoxy) is 2. The molecule has 246 valence electrons. The number of hydrogen-bond acceptors (Lipinski definition) is 7. The first-order valence-electron chi connectivity index (χ1n) is 14.7. The molecule has 4 aromatic rings. The van der Waals surface area contributed by atoms with Gasteiger partial charge in [0.05, 0.1) is 14.0 Å². The first-order valence-corrected chi connectivity index (χ1v) is 17.2. The molecule has 2 saturated heterocycles. The number of benzene rings is 4. The number of imide groups is 1. The van der Waals surface area contributed by atoms with Crippen molar-refractivity contribution < 1.29 is 41.1 Å². The highest BCUT2D eigenvalue weighted by Crippen LogP contribution is 2.56. The van der Waals surface area contributed by atoms with Gasteiger partial charge in [0, 0.05) is 18.4 Å². The molecule has 2 aliphatic heterocycles. The topological polar surface area (TPSA) is 110 Å². The van der Waals surface area contributed by atoms with Gasteiger partial charge in [0.25, 0.3) is 5.85 Å². The van der Waals surface area contributed by atoms with Crippen LogP contribution in [-0.4, -0.2) is 42.0 Å². The molecule has 0 aromatic heterocycles. The predicted octanol–water partition coefficient (Wildman–Crippen LogP) is 6.50. The molecule has 9 nitrogen and oxygen atoms in total. The molecule has 2 aliphatic rings. The van der Waals surface area contributed by atoms with Gasteiger partial charge in [-0.05, 0) is 77.5 Å². The molecule has 2 heterocycles. The number of amides is 2. The Morgan fingerprint density at radius 2 is 1.52 bits per heavy atom. The maximum atomic E-state index is 15.0. The Morgan fingerprint density at radius 1 is 0.896 bits per heavy atom. The molecule has 0 spiro atoms. The number of carbonyl (C=O) groups is 3. The number of nitrogens with zero attached hydrogens (tertiary/aromatic N) is 2. The number of esters is 1. The summed E-state index contributed by atoms with van der Waals surface area (Å²) in [7, 11) is -4.70. The fourth-order valence-electron chi connectivity index (χ4n) is 5.75. The third-order valence-electron chi connectivity index (χ3n) is 7.94. The van der Waals surface area contributed by atoms with Crippen molar-refractivity contribution in [1.82, 2.24) is 9.21 Å². The van der Waals surface area contributed by atoms with Crippen LogP contribution in [-0.2, 0) is 34.9 Å². The van der Waals surface area contributed by atoms with Gasteiger partial charge in [-0.2, -0.15) is 0 Å². The summed E-state index contributed by atoms with van der Waals surface area (Å²) in [4.78, 5) is 40.6. The third-order valence-corrected chi connectivity index (χ3v) is 10.6. The zero-order chi connectivity index (χ0) is 34.2. The Labute approximate surface area is 289 Å². The maximum Gasteiger partial charge on any atom is 0.338 e. The van der Waals surface area contributed by atoms with Gasteiger partial charge in [-0.15, -0.1) is 4.31 Å². The lowest BCUT2D eigenvalue weighted by atomic mass is 10.0. The van der Waals surface area contributed by atoms with Crippen molar-refractivity contribution in [1.29, 1.82) is 0 Å². The van der Waals surface area contributed by atoms with Crippen LogP contribution in [0.2, 0.25) is 0 Å². The van der Waals surface area contributed by atoms with Crippen LogP contribution in [0.3, 0.4) is 0 Å². The van der Waals surface area contributed by atoms with E-state index in [4.69, 9.17) is 9.47 Å². The maximum absolute atomic E-state index is 15.0. The highest BCUT2D eigenvalue weighted by atomic mass is 127. The SMILES string of the molecule is Cc1ccc(S(=O)(=O)N2C(c3ccccc3)/C(=C(\I)COC(=O)c3cccc(F)c3)OC2(c2cccc(F)c2)N2C(=O)CCC2=O)cc1. The zero-order valence-electron chi connectivity index (χ0n) is 25.3. The molecule has 48 heavy (non-hydrogen) atoms. The Kier molecular flexibility index (Phi) is 9.20. The quantitative estimate of drug-likeness (QED) is 0.114. The largest absolute Gasteiger partial charge is 0.457 e. The number of sulfonamides is 1. The standard InChI is InChI=1S/C35H27F2IN2O7S/c1-22-13-15-28(16-14-22)48(44,45)40-32(23-7-3-2-4-8-23)33(29(38)21-46-34(43)24-9-5-11-26(36)19-24)47-35(40,25-10-6-12-27(37)20-25)39-30(41)17-18-31(39)42/h2-16,19-20,32H,17-18,21H2,1H3/b33-29+. The molecule has 2 amide bonds.